The lowest BCUT2D eigenvalue weighted by molar-refractivity contribution is -0.139. The van der Waals surface area contributed by atoms with E-state index in [1.807, 2.05) is 6.92 Å². The van der Waals surface area contributed by atoms with E-state index >= 15 is 0 Å². The van der Waals surface area contributed by atoms with E-state index in [0.717, 1.165) is 11.1 Å². The molecule has 0 N–H and O–H groups in total. The number of aryl methyl sites for hydroxylation is 1. The summed E-state index contributed by atoms with van der Waals surface area (Å²) in [6.45, 7) is 9.05. The molecule has 1 atom stereocenters. The van der Waals surface area contributed by atoms with Crippen LogP contribution < -0.4 is 29.1 Å². The summed E-state index contributed by atoms with van der Waals surface area (Å²) in [5.74, 6) is 1.14. The zero-order valence-corrected chi connectivity index (χ0v) is 28.3. The van der Waals surface area contributed by atoms with Gasteiger partial charge in [0.2, 0.25) is 5.75 Å². The lowest BCUT2D eigenvalue weighted by atomic mass is 9.95. The Kier molecular flexibility index (Phi) is 9.71. The molecule has 0 amide bonds. The predicted molar refractivity (Wildman–Crippen MR) is 176 cm³/mol. The number of thiazole rings is 1. The Morgan fingerprint density at radius 1 is 1.00 bits per heavy atom. The van der Waals surface area contributed by atoms with E-state index in [4.69, 9.17) is 28.1 Å². The van der Waals surface area contributed by atoms with Crippen molar-refractivity contribution in [1.82, 2.24) is 4.57 Å². The molecule has 3 heterocycles. The Balaban J connectivity index is 1.60. The maximum atomic E-state index is 14.1. The number of ether oxygens (including phenoxy) is 5. The maximum absolute atomic E-state index is 14.1. The van der Waals surface area contributed by atoms with Crippen LogP contribution >= 0.6 is 11.3 Å². The van der Waals surface area contributed by atoms with Gasteiger partial charge in [0.15, 0.2) is 16.3 Å². The monoisotopic (exact) mass is 660 g/mol. The average molecular weight is 661 g/mol. The molecule has 1 aliphatic rings. The lowest BCUT2D eigenvalue weighted by Gasteiger charge is -2.26. The van der Waals surface area contributed by atoms with Crippen LogP contribution in [0.5, 0.6) is 17.2 Å². The number of carbonyl (C=O) groups is 2. The second-order valence-electron chi connectivity index (χ2n) is 10.9. The van der Waals surface area contributed by atoms with Gasteiger partial charge in [-0.15, -0.1) is 0 Å². The van der Waals surface area contributed by atoms with E-state index in [1.54, 1.807) is 76.2 Å². The van der Waals surface area contributed by atoms with Crippen molar-refractivity contribution >= 4 is 29.4 Å². The number of hydrogen-bond donors (Lipinski definition) is 0. The SMILES string of the molecule is CCOC(=O)C1=C(C)N=c2s/c(=C/c3ccc(-c4ccc(C(=O)OC(C)C)cc4C)o3)c(=O)n2[C@@H]1c1cc(OC)c(OC)c(OC)c1. The molecular formula is C35H36N2O9S. The van der Waals surface area contributed by atoms with Gasteiger partial charge in [-0.05, 0) is 82.1 Å². The summed E-state index contributed by atoms with van der Waals surface area (Å²) in [4.78, 5) is 44.8. The number of furan rings is 1. The van der Waals surface area contributed by atoms with Crippen molar-refractivity contribution in [2.45, 2.75) is 46.8 Å². The van der Waals surface area contributed by atoms with Gasteiger partial charge in [-0.25, -0.2) is 14.6 Å². The lowest BCUT2D eigenvalue weighted by Crippen LogP contribution is -2.40. The van der Waals surface area contributed by atoms with Crippen LogP contribution in [-0.4, -0.2) is 50.5 Å². The van der Waals surface area contributed by atoms with Gasteiger partial charge in [-0.2, -0.15) is 0 Å². The number of esters is 2. The minimum atomic E-state index is -0.892. The molecule has 0 saturated carbocycles. The summed E-state index contributed by atoms with van der Waals surface area (Å²) in [6, 6.07) is 11.3. The highest BCUT2D eigenvalue weighted by Gasteiger charge is 2.35. The van der Waals surface area contributed by atoms with E-state index < -0.39 is 18.0 Å². The van der Waals surface area contributed by atoms with E-state index in [2.05, 4.69) is 4.99 Å². The van der Waals surface area contributed by atoms with Crippen LogP contribution in [0.1, 0.15) is 61.0 Å². The van der Waals surface area contributed by atoms with E-state index in [0.29, 0.717) is 54.9 Å². The third-order valence-electron chi connectivity index (χ3n) is 7.49. The molecule has 0 bridgehead atoms. The summed E-state index contributed by atoms with van der Waals surface area (Å²) >= 11 is 1.18. The fourth-order valence-electron chi connectivity index (χ4n) is 5.42. The fraction of sp³-hybridized carbons (Fsp3) is 0.314. The normalized spacial score (nSPS) is 14.5. The van der Waals surface area contributed by atoms with Crippen molar-refractivity contribution in [3.63, 3.8) is 0 Å². The molecule has 4 aromatic rings. The highest BCUT2D eigenvalue weighted by atomic mass is 32.1. The Morgan fingerprint density at radius 3 is 2.30 bits per heavy atom. The molecule has 0 aliphatic carbocycles. The number of nitrogens with zero attached hydrogens (tertiary/aromatic N) is 2. The molecule has 0 radical (unpaired) electrons. The van der Waals surface area contributed by atoms with Crippen LogP contribution in [0.2, 0.25) is 0 Å². The molecule has 1 aliphatic heterocycles. The van der Waals surface area contributed by atoms with Gasteiger partial charge in [-0.3, -0.25) is 9.36 Å². The molecule has 0 spiro atoms. The van der Waals surface area contributed by atoms with E-state index in [1.165, 1.54) is 37.2 Å². The summed E-state index contributed by atoms with van der Waals surface area (Å²) < 4.78 is 35.3. The zero-order valence-electron chi connectivity index (χ0n) is 27.5. The molecule has 0 fully saturated rings. The molecular weight excluding hydrogens is 624 g/mol. The van der Waals surface area contributed by atoms with Crippen molar-refractivity contribution in [3.8, 4) is 28.6 Å². The molecule has 246 valence electrons. The van der Waals surface area contributed by atoms with Crippen molar-refractivity contribution in [2.75, 3.05) is 27.9 Å². The Labute approximate surface area is 275 Å². The number of hydrogen-bond acceptors (Lipinski definition) is 11. The maximum Gasteiger partial charge on any atom is 0.338 e. The van der Waals surface area contributed by atoms with Crippen LogP contribution in [-0.2, 0) is 14.3 Å². The first-order valence-corrected chi connectivity index (χ1v) is 15.7. The van der Waals surface area contributed by atoms with Crippen LogP contribution in [0.25, 0.3) is 17.4 Å². The van der Waals surface area contributed by atoms with Crippen LogP contribution in [0, 0.1) is 6.92 Å². The minimum absolute atomic E-state index is 0.146. The van der Waals surface area contributed by atoms with Gasteiger partial charge in [0, 0.05) is 11.6 Å². The number of rotatable bonds is 10. The summed E-state index contributed by atoms with van der Waals surface area (Å²) in [7, 11) is 4.49. The highest BCUT2D eigenvalue weighted by Crippen LogP contribution is 2.42. The van der Waals surface area contributed by atoms with Gasteiger partial charge in [0.1, 0.15) is 11.5 Å². The van der Waals surface area contributed by atoms with Crippen LogP contribution in [0.15, 0.2) is 67.9 Å². The number of methoxy groups -OCH3 is 3. The first-order chi connectivity index (χ1) is 22.5. The molecule has 2 aromatic carbocycles. The van der Waals surface area contributed by atoms with Gasteiger partial charge in [0.05, 0.1) is 61.4 Å². The Hall–Kier alpha value is -5.10. The predicted octanol–water partition coefficient (Wildman–Crippen LogP) is 4.96. The number of aromatic nitrogens is 1. The van der Waals surface area contributed by atoms with Gasteiger partial charge < -0.3 is 28.1 Å². The van der Waals surface area contributed by atoms with Crippen LogP contribution in [0.3, 0.4) is 0 Å². The number of benzene rings is 2. The van der Waals surface area contributed by atoms with Gasteiger partial charge in [-0.1, -0.05) is 17.4 Å². The third-order valence-corrected chi connectivity index (χ3v) is 8.47. The molecule has 5 rings (SSSR count). The largest absolute Gasteiger partial charge is 0.493 e. The molecule has 11 nitrogen and oxygen atoms in total. The van der Waals surface area contributed by atoms with Crippen molar-refractivity contribution < 1.29 is 37.7 Å². The average Bonchev–Trinajstić information content (AvgIpc) is 3.62. The zero-order chi connectivity index (χ0) is 34.0. The van der Waals surface area contributed by atoms with Gasteiger partial charge >= 0.3 is 11.9 Å². The third kappa shape index (κ3) is 6.46. The van der Waals surface area contributed by atoms with E-state index in [-0.39, 0.29) is 23.8 Å². The number of allylic oxidation sites excluding steroid dienone is 1. The summed E-state index contributed by atoms with van der Waals surface area (Å²) in [6.07, 6.45) is 1.42. The second kappa shape index (κ2) is 13.7. The standard InChI is InChI=1S/C35H36N2O9S/c1-9-44-34(40)29-20(5)36-35-37(30(29)22-15-26(41-6)31(43-8)27(16-22)42-7)32(38)28(47-35)17-23-11-13-25(46-23)24-12-10-21(14-19(24)4)33(39)45-18(2)3/h10-18,30H,9H2,1-8H3/b28-17+/t30-/m1/s1. The second-order valence-corrected chi connectivity index (χ2v) is 12.0. The highest BCUT2D eigenvalue weighted by molar-refractivity contribution is 7.07. The quantitative estimate of drug-likeness (QED) is 0.217. The molecule has 0 saturated heterocycles. The molecule has 12 heteroatoms. The van der Waals surface area contributed by atoms with E-state index in [9.17, 15) is 14.4 Å². The van der Waals surface area contributed by atoms with Gasteiger partial charge in [0.25, 0.3) is 5.56 Å². The van der Waals surface area contributed by atoms with Crippen molar-refractivity contribution in [1.29, 1.82) is 0 Å². The molecule has 2 aromatic heterocycles. The summed E-state index contributed by atoms with van der Waals surface area (Å²) in [5, 5.41) is 0. The van der Waals surface area contributed by atoms with Crippen LogP contribution in [0.4, 0.5) is 0 Å². The number of fused-ring (bicyclic) bond motifs is 1. The van der Waals surface area contributed by atoms with Crippen molar-refractivity contribution in [2.24, 2.45) is 4.99 Å². The first-order valence-electron chi connectivity index (χ1n) is 14.9. The first kappa shape index (κ1) is 33.3. The Morgan fingerprint density at radius 2 is 1.70 bits per heavy atom. The molecule has 0 unspecified atom stereocenters. The van der Waals surface area contributed by atoms with Crippen molar-refractivity contribution in [3.05, 3.63) is 95.9 Å². The minimum Gasteiger partial charge on any atom is -0.493 e. The Bertz CT molecular complexity index is 2040. The topological polar surface area (TPSA) is 128 Å². The smallest absolute Gasteiger partial charge is 0.338 e. The molecule has 47 heavy (non-hydrogen) atoms. The fourth-order valence-corrected chi connectivity index (χ4v) is 6.45. The summed E-state index contributed by atoms with van der Waals surface area (Å²) in [5.41, 5.74) is 2.89. The number of carbonyl (C=O) groups excluding carboxylic acids is 2.